The van der Waals surface area contributed by atoms with Crippen molar-refractivity contribution in [1.29, 1.82) is 0 Å². The van der Waals surface area contributed by atoms with E-state index < -0.39 is 23.7 Å². The highest BCUT2D eigenvalue weighted by Gasteiger charge is 2.47. The van der Waals surface area contributed by atoms with Crippen molar-refractivity contribution >= 4 is 29.1 Å². The number of benzene rings is 3. The number of hydrogen-bond acceptors (Lipinski definition) is 6. The van der Waals surface area contributed by atoms with Gasteiger partial charge in [-0.3, -0.25) is 19.3 Å². The summed E-state index contributed by atoms with van der Waals surface area (Å²) in [4.78, 5) is 39.8. The highest BCUT2D eigenvalue weighted by molar-refractivity contribution is 6.51. The summed E-state index contributed by atoms with van der Waals surface area (Å²) in [7, 11) is 0. The van der Waals surface area contributed by atoms with E-state index in [1.54, 1.807) is 54.6 Å². The monoisotopic (exact) mass is 497 g/mol. The van der Waals surface area contributed by atoms with E-state index in [9.17, 15) is 19.5 Å². The Morgan fingerprint density at radius 1 is 1.08 bits per heavy atom. The molecule has 2 aliphatic rings. The van der Waals surface area contributed by atoms with E-state index in [0.717, 1.165) is 23.3 Å². The average Bonchev–Trinajstić information content (AvgIpc) is 3.38. The van der Waals surface area contributed by atoms with Gasteiger partial charge >= 0.3 is 5.97 Å². The molecule has 7 heteroatoms. The molecule has 1 N–H and O–H groups in total. The zero-order valence-corrected chi connectivity index (χ0v) is 20.9. The molecule has 0 saturated carbocycles. The van der Waals surface area contributed by atoms with Crippen LogP contribution in [0.4, 0.5) is 5.69 Å². The number of carbonyl (C=O) groups excluding carboxylic acids is 3. The molecule has 1 amide bonds. The Kier molecular flexibility index (Phi) is 6.29. The second-order valence-electron chi connectivity index (χ2n) is 9.31. The summed E-state index contributed by atoms with van der Waals surface area (Å²) >= 11 is 0. The van der Waals surface area contributed by atoms with Gasteiger partial charge in [-0.25, -0.2) is 0 Å². The van der Waals surface area contributed by atoms with Gasteiger partial charge < -0.3 is 14.6 Å². The molecule has 37 heavy (non-hydrogen) atoms. The molecule has 2 unspecified atom stereocenters. The molecule has 2 atom stereocenters. The van der Waals surface area contributed by atoms with E-state index in [2.05, 4.69) is 0 Å². The lowest BCUT2D eigenvalue weighted by Gasteiger charge is -2.26. The standard InChI is InChI=1S/C30H27NO6/c1-4-19-8-11-23(12-9-19)31-27(20-6-5-7-24(16-20)37-18(3)32)26(29(34)30(31)35)28(33)21-10-13-25-22(15-21)14-17(2)36-25/h5-13,15-17,27,33H,4,14H2,1-3H3/b28-26-. The SMILES string of the molecule is CCc1ccc(N2C(=O)C(=O)/C(=C(\O)c3ccc4c(c3)CC(C)O4)C2c2cccc(OC(C)=O)c2)cc1. The number of fused-ring (bicyclic) bond motifs is 1. The van der Waals surface area contributed by atoms with Gasteiger partial charge in [0, 0.05) is 24.6 Å². The molecule has 0 spiro atoms. The summed E-state index contributed by atoms with van der Waals surface area (Å²) in [5.41, 5.74) is 3.46. The number of anilines is 1. The number of carbonyl (C=O) groups is 3. The van der Waals surface area contributed by atoms with Crippen molar-refractivity contribution in [2.75, 3.05) is 4.90 Å². The van der Waals surface area contributed by atoms with Crippen LogP contribution < -0.4 is 14.4 Å². The molecule has 1 fully saturated rings. The van der Waals surface area contributed by atoms with Crippen LogP contribution in [-0.2, 0) is 27.2 Å². The van der Waals surface area contributed by atoms with Crippen LogP contribution in [0.2, 0.25) is 0 Å². The predicted molar refractivity (Wildman–Crippen MR) is 139 cm³/mol. The number of esters is 1. The maximum atomic E-state index is 13.4. The van der Waals surface area contributed by atoms with Gasteiger partial charge in [0.2, 0.25) is 0 Å². The summed E-state index contributed by atoms with van der Waals surface area (Å²) in [6, 6.07) is 18.4. The quantitative estimate of drug-likeness (QED) is 0.173. The summed E-state index contributed by atoms with van der Waals surface area (Å²) in [6.07, 6.45) is 1.53. The molecule has 188 valence electrons. The number of Topliss-reactive ketones (excluding diaryl/α,β-unsaturated/α-hetero) is 1. The normalized spacial score (nSPS) is 20.0. The van der Waals surface area contributed by atoms with Crippen molar-refractivity contribution in [2.45, 2.75) is 45.8 Å². The molecule has 0 bridgehead atoms. The fourth-order valence-electron chi connectivity index (χ4n) is 4.95. The molecule has 5 rings (SSSR count). The molecule has 0 aliphatic carbocycles. The molecule has 2 aliphatic heterocycles. The van der Waals surface area contributed by atoms with E-state index in [0.29, 0.717) is 23.2 Å². The van der Waals surface area contributed by atoms with Crippen LogP contribution in [0.5, 0.6) is 11.5 Å². The fraction of sp³-hybridized carbons (Fsp3) is 0.233. The highest BCUT2D eigenvalue weighted by atomic mass is 16.5. The smallest absolute Gasteiger partial charge is 0.308 e. The van der Waals surface area contributed by atoms with E-state index >= 15 is 0 Å². The minimum absolute atomic E-state index is 0.0214. The summed E-state index contributed by atoms with van der Waals surface area (Å²) < 4.78 is 11.0. The van der Waals surface area contributed by atoms with Gasteiger partial charge in [0.05, 0.1) is 11.6 Å². The fourth-order valence-corrected chi connectivity index (χ4v) is 4.95. The summed E-state index contributed by atoms with van der Waals surface area (Å²) in [5, 5.41) is 11.5. The van der Waals surface area contributed by atoms with Gasteiger partial charge in [-0.1, -0.05) is 31.2 Å². The number of ketones is 1. The van der Waals surface area contributed by atoms with Crippen LogP contribution in [-0.4, -0.2) is 28.9 Å². The molecular weight excluding hydrogens is 470 g/mol. The van der Waals surface area contributed by atoms with Crippen LogP contribution in [0.1, 0.15) is 49.1 Å². The molecule has 3 aromatic rings. The van der Waals surface area contributed by atoms with Crippen molar-refractivity contribution in [3.63, 3.8) is 0 Å². The Morgan fingerprint density at radius 2 is 1.84 bits per heavy atom. The van der Waals surface area contributed by atoms with Crippen molar-refractivity contribution in [3.8, 4) is 11.5 Å². The highest BCUT2D eigenvalue weighted by Crippen LogP contribution is 2.43. The number of hydrogen-bond donors (Lipinski definition) is 1. The van der Waals surface area contributed by atoms with Crippen LogP contribution in [0.15, 0.2) is 72.3 Å². The third-order valence-corrected chi connectivity index (χ3v) is 6.67. The third-order valence-electron chi connectivity index (χ3n) is 6.67. The molecule has 0 radical (unpaired) electrons. The molecule has 0 aromatic heterocycles. The van der Waals surface area contributed by atoms with Crippen LogP contribution in [0.25, 0.3) is 5.76 Å². The Labute approximate surface area is 214 Å². The number of amides is 1. The Balaban J connectivity index is 1.67. The zero-order valence-electron chi connectivity index (χ0n) is 20.9. The van der Waals surface area contributed by atoms with E-state index in [4.69, 9.17) is 9.47 Å². The molecule has 2 heterocycles. The van der Waals surface area contributed by atoms with E-state index in [1.807, 2.05) is 26.0 Å². The van der Waals surface area contributed by atoms with Crippen LogP contribution in [0, 0.1) is 0 Å². The second-order valence-corrected chi connectivity index (χ2v) is 9.31. The molecular formula is C30H27NO6. The van der Waals surface area contributed by atoms with E-state index in [1.165, 1.54) is 11.8 Å². The first kappa shape index (κ1) is 24.3. The Hall–Kier alpha value is -4.39. The lowest BCUT2D eigenvalue weighted by atomic mass is 9.94. The topological polar surface area (TPSA) is 93.1 Å². The van der Waals surface area contributed by atoms with Crippen LogP contribution >= 0.6 is 0 Å². The minimum Gasteiger partial charge on any atom is -0.507 e. The number of aliphatic hydroxyl groups excluding tert-OH is 1. The van der Waals surface area contributed by atoms with Gasteiger partial charge in [-0.05, 0) is 72.5 Å². The van der Waals surface area contributed by atoms with Crippen molar-refractivity contribution in [2.24, 2.45) is 0 Å². The van der Waals surface area contributed by atoms with Crippen molar-refractivity contribution in [1.82, 2.24) is 0 Å². The Bertz CT molecular complexity index is 1440. The van der Waals surface area contributed by atoms with Crippen molar-refractivity contribution < 1.29 is 29.0 Å². The first-order chi connectivity index (χ1) is 17.8. The molecule has 3 aromatic carbocycles. The number of ether oxygens (including phenoxy) is 2. The first-order valence-electron chi connectivity index (χ1n) is 12.2. The van der Waals surface area contributed by atoms with Gasteiger partial charge in [-0.2, -0.15) is 0 Å². The van der Waals surface area contributed by atoms with Gasteiger partial charge in [0.25, 0.3) is 11.7 Å². The number of nitrogens with zero attached hydrogens (tertiary/aromatic N) is 1. The van der Waals surface area contributed by atoms with Gasteiger partial charge in [0.15, 0.2) is 0 Å². The predicted octanol–water partition coefficient (Wildman–Crippen LogP) is 5.12. The lowest BCUT2D eigenvalue weighted by Crippen LogP contribution is -2.29. The summed E-state index contributed by atoms with van der Waals surface area (Å²) in [5.74, 6) is -1.27. The number of aliphatic hydroxyl groups is 1. The maximum Gasteiger partial charge on any atom is 0.308 e. The average molecular weight is 498 g/mol. The summed E-state index contributed by atoms with van der Waals surface area (Å²) in [6.45, 7) is 5.29. The zero-order chi connectivity index (χ0) is 26.3. The second kappa shape index (κ2) is 9.58. The minimum atomic E-state index is -0.925. The lowest BCUT2D eigenvalue weighted by molar-refractivity contribution is -0.132. The number of rotatable bonds is 5. The third kappa shape index (κ3) is 4.48. The first-order valence-corrected chi connectivity index (χ1v) is 12.2. The largest absolute Gasteiger partial charge is 0.507 e. The maximum absolute atomic E-state index is 13.4. The Morgan fingerprint density at radius 3 is 2.54 bits per heavy atom. The van der Waals surface area contributed by atoms with Gasteiger partial charge in [0.1, 0.15) is 23.4 Å². The molecule has 1 saturated heterocycles. The van der Waals surface area contributed by atoms with E-state index in [-0.39, 0.29) is 23.2 Å². The molecule has 7 nitrogen and oxygen atoms in total. The van der Waals surface area contributed by atoms with Crippen molar-refractivity contribution in [3.05, 3.63) is 94.6 Å². The number of aryl methyl sites for hydroxylation is 1. The van der Waals surface area contributed by atoms with Gasteiger partial charge in [-0.15, -0.1) is 0 Å². The van der Waals surface area contributed by atoms with Crippen LogP contribution in [0.3, 0.4) is 0 Å².